The molecule has 0 spiro atoms. The highest BCUT2D eigenvalue weighted by atomic mass is 35.5. The molecule has 1 fully saturated rings. The van der Waals surface area contributed by atoms with Crippen molar-refractivity contribution in [3.8, 4) is 0 Å². The van der Waals surface area contributed by atoms with E-state index in [9.17, 15) is 4.79 Å². The Balaban J connectivity index is 1.65. The van der Waals surface area contributed by atoms with Crippen molar-refractivity contribution in [1.29, 1.82) is 0 Å². The van der Waals surface area contributed by atoms with Crippen molar-refractivity contribution in [3.05, 3.63) is 64.8 Å². The van der Waals surface area contributed by atoms with Crippen LogP contribution in [0.5, 0.6) is 0 Å². The van der Waals surface area contributed by atoms with E-state index in [0.29, 0.717) is 16.6 Å². The number of halogens is 1. The molecule has 1 aromatic heterocycles. The Bertz CT molecular complexity index is 1100. The standard InChI is InChI=1S/C21H18ClN3OS/c1-21(2)18-15(14-5-3-4-6-16(14)23-18)11-17-19(26)24(20(27)25(17)21)13-9-7-12(22)8-10-13/h3-10,17,23H,11H2,1-2H3. The summed E-state index contributed by atoms with van der Waals surface area (Å²) >= 11 is 11.8. The lowest BCUT2D eigenvalue weighted by atomic mass is 9.85. The Hall–Kier alpha value is -2.37. The number of rotatable bonds is 1. The van der Waals surface area contributed by atoms with Gasteiger partial charge in [0.2, 0.25) is 0 Å². The monoisotopic (exact) mass is 395 g/mol. The lowest BCUT2D eigenvalue weighted by Crippen LogP contribution is -2.52. The highest BCUT2D eigenvalue weighted by Gasteiger charge is 2.53. The summed E-state index contributed by atoms with van der Waals surface area (Å²) in [6, 6.07) is 15.2. The molecule has 0 radical (unpaired) electrons. The van der Waals surface area contributed by atoms with Crippen LogP contribution in [0.15, 0.2) is 48.5 Å². The van der Waals surface area contributed by atoms with Crippen molar-refractivity contribution in [2.24, 2.45) is 0 Å². The van der Waals surface area contributed by atoms with Crippen molar-refractivity contribution in [1.82, 2.24) is 9.88 Å². The minimum atomic E-state index is -0.412. The molecule has 0 aliphatic carbocycles. The number of carbonyl (C=O) groups excluding carboxylic acids is 1. The number of hydrogen-bond acceptors (Lipinski definition) is 2. The predicted octanol–water partition coefficient (Wildman–Crippen LogP) is 4.61. The molecule has 6 heteroatoms. The maximum absolute atomic E-state index is 13.3. The van der Waals surface area contributed by atoms with Crippen LogP contribution in [-0.2, 0) is 16.8 Å². The minimum absolute atomic E-state index is 0.0197. The van der Waals surface area contributed by atoms with Crippen LogP contribution in [0.1, 0.15) is 25.1 Å². The van der Waals surface area contributed by atoms with Gasteiger partial charge >= 0.3 is 0 Å². The van der Waals surface area contributed by atoms with E-state index in [1.54, 1.807) is 17.0 Å². The number of hydrogen-bond donors (Lipinski definition) is 1. The van der Waals surface area contributed by atoms with E-state index >= 15 is 0 Å². The zero-order valence-corrected chi connectivity index (χ0v) is 16.6. The highest BCUT2D eigenvalue weighted by Crippen LogP contribution is 2.45. The number of benzene rings is 2. The van der Waals surface area contributed by atoms with Gasteiger partial charge in [-0.05, 0) is 62.0 Å². The van der Waals surface area contributed by atoms with Gasteiger partial charge in [0, 0.05) is 28.0 Å². The third-order valence-electron chi connectivity index (χ3n) is 5.72. The highest BCUT2D eigenvalue weighted by molar-refractivity contribution is 7.80. The lowest BCUT2D eigenvalue weighted by Gasteiger charge is -2.43. The van der Waals surface area contributed by atoms with Crippen molar-refractivity contribution < 1.29 is 4.79 Å². The van der Waals surface area contributed by atoms with E-state index in [-0.39, 0.29) is 11.9 Å². The van der Waals surface area contributed by atoms with Crippen molar-refractivity contribution in [2.75, 3.05) is 4.90 Å². The number of fused-ring (bicyclic) bond motifs is 4. The maximum atomic E-state index is 13.3. The van der Waals surface area contributed by atoms with E-state index in [4.69, 9.17) is 23.8 Å². The predicted molar refractivity (Wildman–Crippen MR) is 112 cm³/mol. The van der Waals surface area contributed by atoms with Crippen LogP contribution in [0, 0.1) is 0 Å². The molecular weight excluding hydrogens is 378 g/mol. The topological polar surface area (TPSA) is 39.3 Å². The second-order valence-corrected chi connectivity index (χ2v) is 8.41. The van der Waals surface area contributed by atoms with Crippen molar-refractivity contribution in [3.63, 3.8) is 0 Å². The van der Waals surface area contributed by atoms with E-state index < -0.39 is 5.54 Å². The molecule has 0 bridgehead atoms. The normalized spacial score (nSPS) is 20.9. The average molecular weight is 396 g/mol. The Morgan fingerprint density at radius 2 is 1.85 bits per heavy atom. The summed E-state index contributed by atoms with van der Waals surface area (Å²) in [6.45, 7) is 4.25. The van der Waals surface area contributed by atoms with Gasteiger partial charge in [-0.15, -0.1) is 0 Å². The number of H-pyrrole nitrogens is 1. The zero-order chi connectivity index (χ0) is 18.9. The van der Waals surface area contributed by atoms with Gasteiger partial charge in [0.25, 0.3) is 5.91 Å². The molecule has 5 rings (SSSR count). The Labute approximate surface area is 167 Å². The van der Waals surface area contributed by atoms with Gasteiger partial charge in [0.15, 0.2) is 5.11 Å². The largest absolute Gasteiger partial charge is 0.356 e. The molecule has 0 saturated carbocycles. The molecule has 3 aromatic rings. The van der Waals surface area contributed by atoms with Crippen LogP contribution in [0.2, 0.25) is 5.02 Å². The summed E-state index contributed by atoms with van der Waals surface area (Å²) in [7, 11) is 0. The fourth-order valence-corrected chi connectivity index (χ4v) is 5.15. The Morgan fingerprint density at radius 3 is 2.59 bits per heavy atom. The van der Waals surface area contributed by atoms with E-state index in [1.165, 1.54) is 10.9 Å². The van der Waals surface area contributed by atoms with Crippen molar-refractivity contribution in [2.45, 2.75) is 31.8 Å². The number of anilines is 1. The molecule has 1 saturated heterocycles. The first-order valence-electron chi connectivity index (χ1n) is 8.92. The fraction of sp³-hybridized carbons (Fsp3) is 0.238. The molecule has 2 aliphatic heterocycles. The number of carbonyl (C=O) groups is 1. The molecule has 4 nitrogen and oxygen atoms in total. The van der Waals surface area contributed by atoms with Crippen LogP contribution in [0.3, 0.4) is 0 Å². The number of aromatic nitrogens is 1. The smallest absolute Gasteiger partial charge is 0.256 e. The number of aromatic amines is 1. The SMILES string of the molecule is CC1(C)c2[nH]c3ccccc3c2CC2C(=O)N(c3ccc(Cl)cc3)C(=S)N21. The van der Waals surface area contributed by atoms with Crippen LogP contribution >= 0.6 is 23.8 Å². The molecule has 2 aliphatic rings. The van der Waals surface area contributed by atoms with Gasteiger partial charge in [0.1, 0.15) is 6.04 Å². The quantitative estimate of drug-likeness (QED) is 0.611. The number of nitrogens with one attached hydrogen (secondary N) is 1. The maximum Gasteiger partial charge on any atom is 0.256 e. The van der Waals surface area contributed by atoms with Gasteiger partial charge in [0.05, 0.1) is 11.2 Å². The second kappa shape index (κ2) is 5.57. The second-order valence-electron chi connectivity index (χ2n) is 7.61. The molecule has 1 atom stereocenters. The van der Waals surface area contributed by atoms with Crippen LogP contribution in [0.25, 0.3) is 10.9 Å². The van der Waals surface area contributed by atoms with Gasteiger partial charge in [-0.2, -0.15) is 0 Å². The first kappa shape index (κ1) is 16.8. The van der Waals surface area contributed by atoms with Crippen molar-refractivity contribution >= 4 is 51.4 Å². The van der Waals surface area contributed by atoms with Gasteiger partial charge in [-0.1, -0.05) is 29.8 Å². The first-order valence-corrected chi connectivity index (χ1v) is 9.71. The van der Waals surface area contributed by atoms with E-state index in [0.717, 1.165) is 16.9 Å². The molecule has 3 heterocycles. The zero-order valence-electron chi connectivity index (χ0n) is 15.0. The molecule has 1 unspecified atom stereocenters. The van der Waals surface area contributed by atoms with E-state index in [2.05, 4.69) is 35.9 Å². The number of para-hydroxylation sites is 1. The summed E-state index contributed by atoms with van der Waals surface area (Å²) in [5.74, 6) is 0.0197. The summed E-state index contributed by atoms with van der Waals surface area (Å²) in [5.41, 5.74) is 3.79. The lowest BCUT2D eigenvalue weighted by molar-refractivity contribution is -0.121. The fourth-order valence-electron chi connectivity index (χ4n) is 4.48. The molecule has 1 amide bonds. The summed E-state index contributed by atoms with van der Waals surface area (Å²) < 4.78 is 0. The molecule has 2 aromatic carbocycles. The third kappa shape index (κ3) is 2.22. The summed E-state index contributed by atoms with van der Waals surface area (Å²) in [6.07, 6.45) is 0.645. The van der Waals surface area contributed by atoms with E-state index in [1.807, 2.05) is 24.3 Å². The minimum Gasteiger partial charge on any atom is -0.356 e. The van der Waals surface area contributed by atoms with Crippen LogP contribution in [0.4, 0.5) is 5.69 Å². The molecular formula is C21H18ClN3OS. The molecule has 136 valence electrons. The van der Waals surface area contributed by atoms with Gasteiger partial charge in [-0.25, -0.2) is 0 Å². The Morgan fingerprint density at radius 1 is 1.15 bits per heavy atom. The first-order chi connectivity index (χ1) is 12.9. The average Bonchev–Trinajstić information content (AvgIpc) is 3.14. The number of thiocarbonyl (C=S) groups is 1. The molecule has 27 heavy (non-hydrogen) atoms. The van der Waals surface area contributed by atoms with Gasteiger partial charge < -0.3 is 9.88 Å². The number of amides is 1. The summed E-state index contributed by atoms with van der Waals surface area (Å²) in [4.78, 5) is 20.6. The number of nitrogens with zero attached hydrogens (tertiary/aromatic N) is 2. The van der Waals surface area contributed by atoms with Crippen LogP contribution < -0.4 is 4.90 Å². The van der Waals surface area contributed by atoms with Gasteiger partial charge in [-0.3, -0.25) is 9.69 Å². The Kier molecular flexibility index (Phi) is 3.46. The molecule has 1 N–H and O–H groups in total. The summed E-state index contributed by atoms with van der Waals surface area (Å²) in [5, 5.41) is 2.36. The van der Waals surface area contributed by atoms with Crippen LogP contribution in [-0.4, -0.2) is 26.9 Å². The third-order valence-corrected chi connectivity index (χ3v) is 6.36.